The van der Waals surface area contributed by atoms with E-state index in [0.29, 0.717) is 17.1 Å². The molecule has 0 radical (unpaired) electrons. The lowest BCUT2D eigenvalue weighted by atomic mass is 10.3. The molecule has 0 saturated carbocycles. The minimum absolute atomic E-state index is 0.116. The van der Waals surface area contributed by atoms with E-state index >= 15 is 0 Å². The predicted molar refractivity (Wildman–Crippen MR) is 65.8 cm³/mol. The monoisotopic (exact) mass is 246 g/mol. The minimum atomic E-state index is -0.116. The summed E-state index contributed by atoms with van der Waals surface area (Å²) in [6, 6.07) is 1.79. The number of aromatic nitrogens is 4. The molecule has 0 aromatic carbocycles. The Morgan fingerprint density at radius 1 is 1.50 bits per heavy atom. The molecule has 0 unspecified atom stereocenters. The molecule has 0 spiro atoms. The van der Waals surface area contributed by atoms with E-state index in [2.05, 4.69) is 15.1 Å². The van der Waals surface area contributed by atoms with Crippen LogP contribution in [0.15, 0.2) is 18.5 Å². The van der Waals surface area contributed by atoms with Gasteiger partial charge in [0, 0.05) is 12.2 Å². The fourth-order valence-corrected chi connectivity index (χ4v) is 1.40. The van der Waals surface area contributed by atoms with Gasteiger partial charge in [-0.05, 0) is 19.9 Å². The number of nitrogens with zero attached hydrogens (tertiary/aromatic N) is 4. The molecule has 0 atom stereocenters. The van der Waals surface area contributed by atoms with Crippen molar-refractivity contribution in [2.45, 2.75) is 20.4 Å². The molecular weight excluding hydrogens is 232 g/mol. The molecule has 7 heteroatoms. The number of nitrogens with one attached hydrogen (secondary N) is 1. The first-order chi connectivity index (χ1) is 8.58. The summed E-state index contributed by atoms with van der Waals surface area (Å²) in [5, 5.41) is 11.4. The lowest BCUT2D eigenvalue weighted by Crippen LogP contribution is -2.14. The number of hydrogen-bond donors (Lipinski definition) is 2. The molecule has 0 amide bonds. The van der Waals surface area contributed by atoms with Crippen molar-refractivity contribution in [3.63, 3.8) is 0 Å². The SMILES string of the molecule is CCn1cc(Oc2nc(C)cc(C(=N)N)n2)cn1. The van der Waals surface area contributed by atoms with Gasteiger partial charge in [-0.1, -0.05) is 0 Å². The molecular formula is C11H14N6O. The van der Waals surface area contributed by atoms with E-state index < -0.39 is 0 Å². The van der Waals surface area contributed by atoms with Gasteiger partial charge in [0.2, 0.25) is 0 Å². The second-order valence-corrected chi connectivity index (χ2v) is 3.72. The fourth-order valence-electron chi connectivity index (χ4n) is 1.40. The lowest BCUT2D eigenvalue weighted by molar-refractivity contribution is 0.439. The van der Waals surface area contributed by atoms with Crippen LogP contribution in [0.3, 0.4) is 0 Å². The van der Waals surface area contributed by atoms with E-state index in [1.165, 1.54) is 0 Å². The van der Waals surface area contributed by atoms with Gasteiger partial charge in [0.1, 0.15) is 11.5 Å². The van der Waals surface area contributed by atoms with E-state index in [9.17, 15) is 0 Å². The van der Waals surface area contributed by atoms with Crippen molar-refractivity contribution < 1.29 is 4.74 Å². The van der Waals surface area contributed by atoms with E-state index in [0.717, 1.165) is 6.54 Å². The molecule has 94 valence electrons. The van der Waals surface area contributed by atoms with Crippen molar-refractivity contribution in [2.75, 3.05) is 0 Å². The average molecular weight is 246 g/mol. The van der Waals surface area contributed by atoms with Gasteiger partial charge in [-0.15, -0.1) is 0 Å². The van der Waals surface area contributed by atoms with Crippen LogP contribution in [-0.2, 0) is 6.54 Å². The number of aryl methyl sites for hydroxylation is 2. The van der Waals surface area contributed by atoms with Crippen LogP contribution in [0.4, 0.5) is 0 Å². The van der Waals surface area contributed by atoms with Crippen molar-refractivity contribution in [2.24, 2.45) is 5.73 Å². The molecule has 2 rings (SSSR count). The highest BCUT2D eigenvalue weighted by Gasteiger charge is 2.07. The third-order valence-corrected chi connectivity index (χ3v) is 2.25. The molecule has 18 heavy (non-hydrogen) atoms. The van der Waals surface area contributed by atoms with Crippen molar-refractivity contribution in [1.82, 2.24) is 19.7 Å². The molecule has 0 bridgehead atoms. The summed E-state index contributed by atoms with van der Waals surface area (Å²) < 4.78 is 7.21. The largest absolute Gasteiger partial charge is 0.421 e. The van der Waals surface area contributed by atoms with E-state index in [-0.39, 0.29) is 11.8 Å². The highest BCUT2D eigenvalue weighted by molar-refractivity contribution is 5.93. The van der Waals surface area contributed by atoms with Crippen LogP contribution in [0.1, 0.15) is 18.3 Å². The van der Waals surface area contributed by atoms with Crippen molar-refractivity contribution >= 4 is 5.84 Å². The van der Waals surface area contributed by atoms with Gasteiger partial charge < -0.3 is 10.5 Å². The minimum Gasteiger partial charge on any atom is -0.421 e. The molecule has 0 aliphatic rings. The number of rotatable bonds is 4. The third kappa shape index (κ3) is 2.62. The van der Waals surface area contributed by atoms with E-state index in [4.69, 9.17) is 15.9 Å². The van der Waals surface area contributed by atoms with E-state index in [1.54, 1.807) is 30.1 Å². The van der Waals surface area contributed by atoms with Crippen molar-refractivity contribution in [3.8, 4) is 11.8 Å². The molecule has 2 aromatic rings. The van der Waals surface area contributed by atoms with Crippen molar-refractivity contribution in [3.05, 3.63) is 29.8 Å². The third-order valence-electron chi connectivity index (χ3n) is 2.25. The molecule has 2 aromatic heterocycles. The summed E-state index contributed by atoms with van der Waals surface area (Å²) >= 11 is 0. The van der Waals surface area contributed by atoms with Gasteiger partial charge >= 0.3 is 6.01 Å². The summed E-state index contributed by atoms with van der Waals surface area (Å²) in [4.78, 5) is 8.17. The Morgan fingerprint density at radius 2 is 2.28 bits per heavy atom. The van der Waals surface area contributed by atoms with Gasteiger partial charge in [-0.3, -0.25) is 10.1 Å². The summed E-state index contributed by atoms with van der Waals surface area (Å²) in [6.07, 6.45) is 3.34. The highest BCUT2D eigenvalue weighted by Crippen LogP contribution is 2.17. The van der Waals surface area contributed by atoms with Gasteiger partial charge in [-0.25, -0.2) is 4.98 Å². The zero-order valence-electron chi connectivity index (χ0n) is 10.2. The Labute approximate surface area is 104 Å². The summed E-state index contributed by atoms with van der Waals surface area (Å²) in [7, 11) is 0. The molecule has 0 aliphatic carbocycles. The number of nitrogens with two attached hydrogens (primary N) is 1. The summed E-state index contributed by atoms with van der Waals surface area (Å²) in [5.74, 6) is 0.437. The smallest absolute Gasteiger partial charge is 0.322 e. The Bertz CT molecular complexity index is 577. The maximum absolute atomic E-state index is 7.36. The molecule has 0 aliphatic heterocycles. The Morgan fingerprint density at radius 3 is 2.89 bits per heavy atom. The van der Waals surface area contributed by atoms with Gasteiger partial charge in [0.25, 0.3) is 0 Å². The number of amidine groups is 1. The molecule has 0 saturated heterocycles. The van der Waals surface area contributed by atoms with Crippen molar-refractivity contribution in [1.29, 1.82) is 5.41 Å². The summed E-state index contributed by atoms with van der Waals surface area (Å²) in [5.41, 5.74) is 6.43. The maximum atomic E-state index is 7.36. The first kappa shape index (κ1) is 12.0. The first-order valence-corrected chi connectivity index (χ1v) is 5.49. The zero-order valence-corrected chi connectivity index (χ0v) is 10.2. The maximum Gasteiger partial charge on any atom is 0.322 e. The number of hydrogen-bond acceptors (Lipinski definition) is 5. The van der Waals surface area contributed by atoms with Gasteiger partial charge in [0.05, 0.1) is 12.4 Å². The first-order valence-electron chi connectivity index (χ1n) is 5.49. The van der Waals surface area contributed by atoms with E-state index in [1.807, 2.05) is 6.92 Å². The zero-order chi connectivity index (χ0) is 13.1. The predicted octanol–water partition coefficient (Wildman–Crippen LogP) is 1.08. The fraction of sp³-hybridized carbons (Fsp3) is 0.273. The summed E-state index contributed by atoms with van der Waals surface area (Å²) in [6.45, 7) is 4.53. The standard InChI is InChI=1S/C11H14N6O/c1-3-17-6-8(5-14-17)18-11-15-7(2)4-9(16-11)10(12)13/h4-6H,3H2,1-2H3,(H3,12,13). The number of ether oxygens (including phenoxy) is 1. The second kappa shape index (κ2) is 4.82. The Kier molecular flexibility index (Phi) is 3.22. The second-order valence-electron chi connectivity index (χ2n) is 3.72. The van der Waals surface area contributed by atoms with Crippen LogP contribution in [0.5, 0.6) is 11.8 Å². The van der Waals surface area contributed by atoms with Crippen LogP contribution in [0, 0.1) is 12.3 Å². The Balaban J connectivity index is 2.25. The number of nitrogen functional groups attached to an aromatic ring is 1. The molecule has 3 N–H and O–H groups in total. The van der Waals surface area contributed by atoms with Crippen LogP contribution in [0.2, 0.25) is 0 Å². The average Bonchev–Trinajstić information content (AvgIpc) is 2.76. The van der Waals surface area contributed by atoms with Crippen LogP contribution in [0.25, 0.3) is 0 Å². The lowest BCUT2D eigenvalue weighted by Gasteiger charge is -2.04. The highest BCUT2D eigenvalue weighted by atomic mass is 16.5. The topological polar surface area (TPSA) is 103 Å². The molecule has 0 fully saturated rings. The van der Waals surface area contributed by atoms with Gasteiger partial charge in [-0.2, -0.15) is 10.1 Å². The molecule has 2 heterocycles. The van der Waals surface area contributed by atoms with Crippen LogP contribution in [-0.4, -0.2) is 25.6 Å². The van der Waals surface area contributed by atoms with Crippen LogP contribution >= 0.6 is 0 Å². The molecule has 7 nitrogen and oxygen atoms in total. The van der Waals surface area contributed by atoms with Gasteiger partial charge in [0.15, 0.2) is 5.75 Å². The Hall–Kier alpha value is -2.44. The van der Waals surface area contributed by atoms with Crippen LogP contribution < -0.4 is 10.5 Å². The quantitative estimate of drug-likeness (QED) is 0.620. The normalized spacial score (nSPS) is 10.3.